The Labute approximate surface area is 173 Å². The number of nitrogens with one attached hydrogen (secondary N) is 2. The topological polar surface area (TPSA) is 91.4 Å². The molecule has 1 fully saturated rings. The number of fused-ring (bicyclic) bond motifs is 2. The quantitative estimate of drug-likeness (QED) is 0.539. The van der Waals surface area contributed by atoms with E-state index < -0.39 is 11.6 Å². The summed E-state index contributed by atoms with van der Waals surface area (Å²) in [6.07, 6.45) is 3.91. The lowest BCUT2D eigenvalue weighted by Gasteiger charge is -2.22. The maximum absolute atomic E-state index is 13.0. The molecule has 4 rings (SSSR count). The van der Waals surface area contributed by atoms with Gasteiger partial charge < -0.3 is 10.6 Å². The molecule has 4 amide bonds. The Hall–Kier alpha value is -2.74. The molecule has 1 aliphatic carbocycles. The van der Waals surface area contributed by atoms with E-state index in [2.05, 4.69) is 15.6 Å². The van der Waals surface area contributed by atoms with Crippen molar-refractivity contribution in [2.45, 2.75) is 44.6 Å². The van der Waals surface area contributed by atoms with Crippen LogP contribution in [0.4, 0.5) is 4.79 Å². The maximum Gasteiger partial charge on any atom is 0.325 e. The molecule has 8 heteroatoms. The van der Waals surface area contributed by atoms with Crippen LogP contribution in [0, 0.1) is 6.92 Å². The molecule has 2 N–H and O–H groups in total. The van der Waals surface area contributed by atoms with Crippen LogP contribution in [0.5, 0.6) is 0 Å². The predicted octanol–water partition coefficient (Wildman–Crippen LogP) is 2.28. The van der Waals surface area contributed by atoms with Crippen LogP contribution < -0.4 is 10.6 Å². The molecular weight excluding hydrogens is 388 g/mol. The highest BCUT2D eigenvalue weighted by atomic mass is 32.1. The first-order valence-electron chi connectivity index (χ1n) is 9.90. The van der Waals surface area contributed by atoms with Gasteiger partial charge in [0.1, 0.15) is 12.1 Å². The number of carbonyl (C=O) groups excluding carboxylic acids is 3. The summed E-state index contributed by atoms with van der Waals surface area (Å²) in [7, 11) is 0. The van der Waals surface area contributed by atoms with Crippen LogP contribution in [0.1, 0.15) is 41.1 Å². The SMILES string of the molecule is Cc1csc(CCCCNC(=O)CN2C(=O)NC3(CCc4ccccc43)C2=O)n1. The fourth-order valence-corrected chi connectivity index (χ4v) is 4.90. The van der Waals surface area contributed by atoms with Gasteiger partial charge in [-0.15, -0.1) is 11.3 Å². The van der Waals surface area contributed by atoms with Crippen LogP contribution in [0.15, 0.2) is 29.6 Å². The van der Waals surface area contributed by atoms with Crippen LogP contribution in [0.25, 0.3) is 0 Å². The molecule has 7 nitrogen and oxygen atoms in total. The van der Waals surface area contributed by atoms with E-state index in [0.717, 1.165) is 52.4 Å². The third kappa shape index (κ3) is 3.76. The second-order valence-corrected chi connectivity index (χ2v) is 8.52. The number of unbranched alkanes of at least 4 members (excludes halogenated alkanes) is 1. The zero-order chi connectivity index (χ0) is 20.4. The number of urea groups is 1. The van der Waals surface area contributed by atoms with Crippen LogP contribution in [0.2, 0.25) is 0 Å². The molecule has 0 radical (unpaired) electrons. The number of benzene rings is 1. The second kappa shape index (κ2) is 7.94. The maximum atomic E-state index is 13.0. The summed E-state index contributed by atoms with van der Waals surface area (Å²) in [6, 6.07) is 7.16. The first kappa shape index (κ1) is 19.6. The smallest absolute Gasteiger partial charge is 0.325 e. The summed E-state index contributed by atoms with van der Waals surface area (Å²) in [4.78, 5) is 43.2. The molecule has 1 aromatic carbocycles. The highest BCUT2D eigenvalue weighted by Crippen LogP contribution is 2.41. The highest BCUT2D eigenvalue weighted by molar-refractivity contribution is 7.09. The number of amides is 4. The molecule has 1 atom stereocenters. The Morgan fingerprint density at radius 1 is 1.31 bits per heavy atom. The van der Waals surface area contributed by atoms with Crippen LogP contribution >= 0.6 is 11.3 Å². The number of rotatable bonds is 7. The number of thiazole rings is 1. The zero-order valence-corrected chi connectivity index (χ0v) is 17.2. The number of carbonyl (C=O) groups is 3. The van der Waals surface area contributed by atoms with E-state index in [0.29, 0.717) is 13.0 Å². The Morgan fingerprint density at radius 3 is 2.93 bits per heavy atom. The Kier molecular flexibility index (Phi) is 5.36. The molecule has 29 heavy (non-hydrogen) atoms. The Bertz CT molecular complexity index is 957. The fourth-order valence-electron chi connectivity index (χ4n) is 4.08. The van der Waals surface area contributed by atoms with E-state index in [4.69, 9.17) is 0 Å². The largest absolute Gasteiger partial charge is 0.355 e. The highest BCUT2D eigenvalue weighted by Gasteiger charge is 2.55. The normalized spacial score (nSPS) is 20.2. The lowest BCUT2D eigenvalue weighted by molar-refractivity contribution is -0.135. The Morgan fingerprint density at radius 2 is 2.14 bits per heavy atom. The standard InChI is InChI=1S/C21H24N4O3S/c1-14-13-29-18(23-14)8-4-5-11-22-17(26)12-25-19(27)21(24-20(25)28)10-9-15-6-2-3-7-16(15)21/h2-3,6-7,13H,4-5,8-12H2,1H3,(H,22,26)(H,24,28). The Balaban J connectivity index is 1.28. The summed E-state index contributed by atoms with van der Waals surface area (Å²) < 4.78 is 0. The van der Waals surface area contributed by atoms with Crippen LogP contribution in [0.3, 0.4) is 0 Å². The molecule has 1 saturated heterocycles. The van der Waals surface area contributed by atoms with Gasteiger partial charge in [0.15, 0.2) is 0 Å². The third-order valence-corrected chi connectivity index (χ3v) is 6.56. The molecule has 1 unspecified atom stereocenters. The first-order valence-corrected chi connectivity index (χ1v) is 10.8. The number of hydrogen-bond donors (Lipinski definition) is 2. The second-order valence-electron chi connectivity index (χ2n) is 7.57. The molecular formula is C21H24N4O3S. The minimum absolute atomic E-state index is 0.250. The first-order chi connectivity index (χ1) is 14.0. The van der Waals surface area contributed by atoms with Crippen molar-refractivity contribution >= 4 is 29.2 Å². The lowest BCUT2D eigenvalue weighted by atomic mass is 9.92. The van der Waals surface area contributed by atoms with Gasteiger partial charge in [-0.05, 0) is 50.2 Å². The van der Waals surface area contributed by atoms with Crippen LogP contribution in [-0.4, -0.2) is 40.8 Å². The average Bonchev–Trinajstić information content (AvgIpc) is 3.35. The molecule has 0 bridgehead atoms. The molecule has 0 saturated carbocycles. The summed E-state index contributed by atoms with van der Waals surface area (Å²) in [5, 5.41) is 8.79. The van der Waals surface area contributed by atoms with Gasteiger partial charge in [-0.1, -0.05) is 24.3 Å². The molecule has 1 aliphatic heterocycles. The lowest BCUT2D eigenvalue weighted by Crippen LogP contribution is -2.44. The van der Waals surface area contributed by atoms with E-state index >= 15 is 0 Å². The third-order valence-electron chi connectivity index (χ3n) is 5.53. The fraction of sp³-hybridized carbons (Fsp3) is 0.429. The summed E-state index contributed by atoms with van der Waals surface area (Å²) in [5.41, 5.74) is 1.94. The van der Waals surface area contributed by atoms with E-state index in [1.54, 1.807) is 11.3 Å². The van der Waals surface area contributed by atoms with Crippen molar-refractivity contribution in [2.75, 3.05) is 13.1 Å². The average molecular weight is 413 g/mol. The number of imide groups is 1. The van der Waals surface area contributed by atoms with Gasteiger partial charge in [-0.25, -0.2) is 9.78 Å². The van der Waals surface area contributed by atoms with Crippen molar-refractivity contribution in [1.82, 2.24) is 20.5 Å². The van der Waals surface area contributed by atoms with E-state index in [1.165, 1.54) is 0 Å². The van der Waals surface area contributed by atoms with Gasteiger partial charge in [-0.2, -0.15) is 0 Å². The van der Waals surface area contributed by atoms with E-state index in [1.807, 2.05) is 36.6 Å². The van der Waals surface area contributed by atoms with E-state index in [-0.39, 0.29) is 18.4 Å². The van der Waals surface area contributed by atoms with Crippen molar-refractivity contribution in [1.29, 1.82) is 0 Å². The minimum atomic E-state index is -1.01. The number of aryl methyl sites for hydroxylation is 3. The van der Waals surface area contributed by atoms with Crippen molar-refractivity contribution in [3.8, 4) is 0 Å². The van der Waals surface area contributed by atoms with Gasteiger partial charge in [0, 0.05) is 17.6 Å². The van der Waals surface area contributed by atoms with Gasteiger partial charge in [-0.3, -0.25) is 14.5 Å². The monoisotopic (exact) mass is 412 g/mol. The molecule has 1 aromatic heterocycles. The van der Waals surface area contributed by atoms with Gasteiger partial charge in [0.2, 0.25) is 5.91 Å². The van der Waals surface area contributed by atoms with Crippen molar-refractivity contribution < 1.29 is 14.4 Å². The minimum Gasteiger partial charge on any atom is -0.355 e. The van der Waals surface area contributed by atoms with Gasteiger partial charge in [0.25, 0.3) is 5.91 Å². The van der Waals surface area contributed by atoms with Crippen molar-refractivity contribution in [3.63, 3.8) is 0 Å². The van der Waals surface area contributed by atoms with Crippen molar-refractivity contribution in [3.05, 3.63) is 51.5 Å². The van der Waals surface area contributed by atoms with E-state index in [9.17, 15) is 14.4 Å². The van der Waals surface area contributed by atoms with Gasteiger partial charge in [0.05, 0.1) is 5.01 Å². The predicted molar refractivity (Wildman–Crippen MR) is 109 cm³/mol. The molecule has 2 heterocycles. The molecule has 2 aliphatic rings. The zero-order valence-electron chi connectivity index (χ0n) is 16.4. The van der Waals surface area contributed by atoms with Crippen molar-refractivity contribution in [2.24, 2.45) is 0 Å². The number of nitrogens with zero attached hydrogens (tertiary/aromatic N) is 2. The van der Waals surface area contributed by atoms with Crippen LogP contribution in [-0.2, 0) is 28.0 Å². The molecule has 2 aromatic rings. The molecule has 152 valence electrons. The number of aromatic nitrogens is 1. The number of hydrogen-bond acceptors (Lipinski definition) is 5. The van der Waals surface area contributed by atoms with Gasteiger partial charge >= 0.3 is 6.03 Å². The summed E-state index contributed by atoms with van der Waals surface area (Å²) >= 11 is 1.65. The molecule has 1 spiro atoms. The summed E-state index contributed by atoms with van der Waals surface area (Å²) in [5.74, 6) is -0.649. The summed E-state index contributed by atoms with van der Waals surface area (Å²) in [6.45, 7) is 2.24.